The Morgan fingerprint density at radius 1 is 1.57 bits per heavy atom. The van der Waals surface area contributed by atoms with Crippen molar-refractivity contribution in [3.63, 3.8) is 0 Å². The normalized spacial score (nSPS) is 20.8. The van der Waals surface area contributed by atoms with Crippen molar-refractivity contribution in [2.24, 2.45) is 10.9 Å². The van der Waals surface area contributed by atoms with E-state index in [1.54, 1.807) is 12.3 Å². The highest BCUT2D eigenvalue weighted by Crippen LogP contribution is 2.11. The van der Waals surface area contributed by atoms with Crippen molar-refractivity contribution in [1.82, 2.24) is 0 Å². The first-order valence-corrected chi connectivity index (χ1v) is 4.94. The average molecular weight is 191 g/mol. The minimum Gasteiger partial charge on any atom is -0.446 e. The number of nitrogens with zero attached hydrogens (tertiary/aromatic N) is 1. The van der Waals surface area contributed by atoms with Gasteiger partial charge in [0.25, 0.3) is 0 Å². The van der Waals surface area contributed by atoms with E-state index >= 15 is 0 Å². The highest BCUT2D eigenvalue weighted by atomic mass is 16.5. The summed E-state index contributed by atoms with van der Waals surface area (Å²) < 4.78 is 5.25. The topological polar surface area (TPSA) is 21.6 Å². The van der Waals surface area contributed by atoms with Crippen LogP contribution in [0.5, 0.6) is 0 Å². The molecule has 2 nitrogen and oxygen atoms in total. The molecule has 0 saturated heterocycles. The van der Waals surface area contributed by atoms with Crippen molar-refractivity contribution >= 4 is 5.90 Å². The summed E-state index contributed by atoms with van der Waals surface area (Å²) in [5.41, 5.74) is 1.00. The van der Waals surface area contributed by atoms with Crippen LogP contribution in [0.4, 0.5) is 0 Å². The molecular formula is C12H17NO. The van der Waals surface area contributed by atoms with Crippen molar-refractivity contribution in [3.05, 3.63) is 36.6 Å². The first kappa shape index (κ1) is 10.8. The molecule has 76 valence electrons. The molecule has 1 heterocycles. The largest absolute Gasteiger partial charge is 0.446 e. The van der Waals surface area contributed by atoms with Gasteiger partial charge >= 0.3 is 0 Å². The van der Waals surface area contributed by atoms with Crippen molar-refractivity contribution in [2.45, 2.75) is 20.3 Å². The maximum absolute atomic E-state index is 5.25. The van der Waals surface area contributed by atoms with E-state index in [9.17, 15) is 0 Å². The molecule has 0 unspecified atom stereocenters. The average Bonchev–Trinajstić information content (AvgIpc) is 2.53. The highest BCUT2D eigenvalue weighted by Gasteiger charge is 2.09. The van der Waals surface area contributed by atoms with Crippen molar-refractivity contribution in [3.8, 4) is 0 Å². The quantitative estimate of drug-likeness (QED) is 0.669. The number of ether oxygens (including phenoxy) is 1. The Hall–Kier alpha value is -1.31. The van der Waals surface area contributed by atoms with Crippen LogP contribution in [0.25, 0.3) is 0 Å². The van der Waals surface area contributed by atoms with E-state index < -0.39 is 0 Å². The zero-order valence-electron chi connectivity index (χ0n) is 8.86. The number of aliphatic imine (C=N–C) groups is 1. The van der Waals surface area contributed by atoms with Gasteiger partial charge in [0.05, 0.1) is 6.26 Å². The lowest BCUT2D eigenvalue weighted by Gasteiger charge is -2.02. The van der Waals surface area contributed by atoms with Gasteiger partial charge in [-0.25, -0.2) is 0 Å². The molecule has 0 aromatic carbocycles. The van der Waals surface area contributed by atoms with Gasteiger partial charge in [0, 0.05) is 12.1 Å². The molecule has 0 bridgehead atoms. The summed E-state index contributed by atoms with van der Waals surface area (Å²) in [6, 6.07) is 0. The number of hydrogen-bond donors (Lipinski definition) is 0. The Balaban J connectivity index is 2.52. The lowest BCUT2D eigenvalue weighted by Crippen LogP contribution is -2.00. The van der Waals surface area contributed by atoms with Crippen LogP contribution < -0.4 is 0 Å². The summed E-state index contributed by atoms with van der Waals surface area (Å²) in [4.78, 5) is 4.38. The monoisotopic (exact) mass is 191 g/mol. The third-order valence-electron chi connectivity index (χ3n) is 1.93. The smallest absolute Gasteiger partial charge is 0.221 e. The Kier molecular flexibility index (Phi) is 4.17. The summed E-state index contributed by atoms with van der Waals surface area (Å²) in [5, 5.41) is 0. The van der Waals surface area contributed by atoms with E-state index in [2.05, 4.69) is 25.4 Å². The van der Waals surface area contributed by atoms with Gasteiger partial charge in [0.1, 0.15) is 0 Å². The fourth-order valence-corrected chi connectivity index (χ4v) is 1.12. The minimum absolute atomic E-state index is 0.681. The van der Waals surface area contributed by atoms with Gasteiger partial charge in [-0.15, -0.1) is 0 Å². The fourth-order valence-electron chi connectivity index (χ4n) is 1.12. The van der Waals surface area contributed by atoms with E-state index in [4.69, 9.17) is 4.74 Å². The fraction of sp³-hybridized carbons (Fsp3) is 0.417. The van der Waals surface area contributed by atoms with Crippen LogP contribution in [-0.4, -0.2) is 12.4 Å². The molecule has 0 aliphatic carbocycles. The maximum atomic E-state index is 5.25. The van der Waals surface area contributed by atoms with Crippen LogP contribution in [0, 0.1) is 5.92 Å². The third kappa shape index (κ3) is 3.21. The summed E-state index contributed by atoms with van der Waals surface area (Å²) in [7, 11) is 0. The molecule has 0 aromatic heterocycles. The molecule has 0 radical (unpaired) electrons. The van der Waals surface area contributed by atoms with E-state index in [1.165, 1.54) is 0 Å². The summed E-state index contributed by atoms with van der Waals surface area (Å²) in [6.07, 6.45) is 8.29. The van der Waals surface area contributed by atoms with Crippen LogP contribution in [0.15, 0.2) is 41.6 Å². The van der Waals surface area contributed by atoms with Crippen LogP contribution >= 0.6 is 0 Å². The van der Waals surface area contributed by atoms with E-state index in [0.29, 0.717) is 11.8 Å². The molecule has 2 heteroatoms. The van der Waals surface area contributed by atoms with Crippen molar-refractivity contribution in [1.29, 1.82) is 0 Å². The number of hydrogen-bond acceptors (Lipinski definition) is 2. The second-order valence-electron chi connectivity index (χ2n) is 3.65. The molecular weight excluding hydrogens is 174 g/mol. The Morgan fingerprint density at radius 2 is 2.36 bits per heavy atom. The predicted octanol–water partition coefficient (Wildman–Crippen LogP) is 3.09. The van der Waals surface area contributed by atoms with Gasteiger partial charge in [0.2, 0.25) is 5.90 Å². The zero-order chi connectivity index (χ0) is 10.4. The Morgan fingerprint density at radius 3 is 3.00 bits per heavy atom. The first-order chi connectivity index (χ1) is 6.74. The van der Waals surface area contributed by atoms with Gasteiger partial charge < -0.3 is 4.74 Å². The zero-order valence-corrected chi connectivity index (χ0v) is 8.86. The molecule has 1 rings (SSSR count). The van der Waals surface area contributed by atoms with E-state index in [0.717, 1.165) is 18.5 Å². The van der Waals surface area contributed by atoms with Crippen LogP contribution in [0.1, 0.15) is 20.3 Å². The lowest BCUT2D eigenvalue weighted by molar-refractivity contribution is 0.481. The van der Waals surface area contributed by atoms with Crippen molar-refractivity contribution in [2.75, 3.05) is 6.54 Å². The second-order valence-corrected chi connectivity index (χ2v) is 3.65. The number of allylic oxidation sites excluding steroid dienone is 2. The maximum Gasteiger partial charge on any atom is 0.221 e. The second kappa shape index (κ2) is 5.43. The first-order valence-electron chi connectivity index (χ1n) is 4.94. The molecule has 0 amide bonds. The van der Waals surface area contributed by atoms with Gasteiger partial charge in [-0.1, -0.05) is 32.6 Å². The van der Waals surface area contributed by atoms with Crippen molar-refractivity contribution < 1.29 is 4.74 Å². The van der Waals surface area contributed by atoms with Gasteiger partial charge in [-0.2, -0.15) is 0 Å². The SMILES string of the molecule is C=C/C=C1/C=COC1=NCCC(C)C. The molecule has 0 N–H and O–H groups in total. The number of rotatable bonds is 4. The van der Waals surface area contributed by atoms with E-state index in [1.807, 2.05) is 12.2 Å². The van der Waals surface area contributed by atoms with Crippen LogP contribution in [-0.2, 0) is 4.74 Å². The summed E-state index contributed by atoms with van der Waals surface area (Å²) in [6.45, 7) is 8.85. The molecule has 0 saturated carbocycles. The molecule has 1 aliphatic rings. The summed E-state index contributed by atoms with van der Waals surface area (Å²) in [5.74, 6) is 1.39. The summed E-state index contributed by atoms with van der Waals surface area (Å²) >= 11 is 0. The van der Waals surface area contributed by atoms with Gasteiger partial charge in [0.15, 0.2) is 0 Å². The van der Waals surface area contributed by atoms with E-state index in [-0.39, 0.29) is 0 Å². The van der Waals surface area contributed by atoms with Crippen LogP contribution in [0.2, 0.25) is 0 Å². The lowest BCUT2D eigenvalue weighted by atomic mass is 10.1. The molecule has 14 heavy (non-hydrogen) atoms. The molecule has 0 fully saturated rings. The minimum atomic E-state index is 0.681. The molecule has 0 atom stereocenters. The molecule has 1 aliphatic heterocycles. The van der Waals surface area contributed by atoms with Gasteiger partial charge in [-0.3, -0.25) is 4.99 Å². The standard InChI is InChI=1S/C12H17NO/c1-4-5-11-7-9-14-12(11)13-8-6-10(2)3/h4-5,7,9-10H,1,6,8H2,2-3H3/b11-5-,13-12?. The predicted molar refractivity (Wildman–Crippen MR) is 60.3 cm³/mol. The molecule has 0 spiro atoms. The van der Waals surface area contributed by atoms with Gasteiger partial charge in [-0.05, 0) is 18.4 Å². The Bertz CT molecular complexity index is 285. The third-order valence-corrected chi connectivity index (χ3v) is 1.93. The van der Waals surface area contributed by atoms with Crippen LogP contribution in [0.3, 0.4) is 0 Å². The Labute approximate surface area is 85.7 Å². The highest BCUT2D eigenvalue weighted by molar-refractivity contribution is 5.98. The molecule has 0 aromatic rings.